The lowest BCUT2D eigenvalue weighted by Crippen LogP contribution is -2.41. The summed E-state index contributed by atoms with van der Waals surface area (Å²) in [5, 5.41) is 13.6. The van der Waals surface area contributed by atoms with E-state index in [1.54, 1.807) is 6.33 Å². The fourth-order valence-electron chi connectivity index (χ4n) is 3.45. The zero-order chi connectivity index (χ0) is 21.6. The van der Waals surface area contributed by atoms with Crippen molar-refractivity contribution >= 4 is 24.8 Å². The summed E-state index contributed by atoms with van der Waals surface area (Å²) in [5.74, 6) is 0.655. The number of hydrogen-bond acceptors (Lipinski definition) is 9. The highest BCUT2D eigenvalue weighted by Gasteiger charge is 2.33. The van der Waals surface area contributed by atoms with Crippen molar-refractivity contribution in [2.75, 3.05) is 31.6 Å². The Morgan fingerprint density at radius 1 is 1.27 bits per heavy atom. The Labute approximate surface area is 174 Å². The van der Waals surface area contributed by atoms with E-state index in [-0.39, 0.29) is 19.3 Å². The van der Waals surface area contributed by atoms with E-state index in [0.29, 0.717) is 29.9 Å². The monoisotopic (exact) mass is 444 g/mol. The molecule has 3 unspecified atom stereocenters. The first kappa shape index (κ1) is 23.0. The van der Waals surface area contributed by atoms with Crippen LogP contribution in [0.4, 0.5) is 5.82 Å². The standard InChI is InChI=1S/C17H29N6O6P/c18-5-3-1-2-4-6-19-16-15-17(21-10-20-16)23(11-22-15)12-7-13(24)14(28-8-12)9-29-30(25,26)27/h10-14,24H,1-9,18H2,(H,19,20,21)(H2,25,26,27). The van der Waals surface area contributed by atoms with Crippen molar-refractivity contribution in [1.82, 2.24) is 19.5 Å². The third-order valence-electron chi connectivity index (χ3n) is 5.03. The number of aromatic nitrogens is 4. The number of nitrogens with two attached hydrogens (primary N) is 1. The highest BCUT2D eigenvalue weighted by atomic mass is 31.2. The molecule has 12 nitrogen and oxygen atoms in total. The minimum absolute atomic E-state index is 0.227. The molecule has 168 valence electrons. The average molecular weight is 444 g/mol. The molecule has 0 saturated carbocycles. The topological polar surface area (TPSA) is 178 Å². The molecule has 0 bridgehead atoms. The molecule has 3 atom stereocenters. The highest BCUT2D eigenvalue weighted by molar-refractivity contribution is 7.46. The molecule has 1 fully saturated rings. The molecule has 0 radical (unpaired) electrons. The van der Waals surface area contributed by atoms with E-state index in [4.69, 9.17) is 20.3 Å². The lowest BCUT2D eigenvalue weighted by molar-refractivity contribution is -0.110. The second kappa shape index (κ2) is 10.6. The van der Waals surface area contributed by atoms with Crippen molar-refractivity contribution in [1.29, 1.82) is 0 Å². The largest absolute Gasteiger partial charge is 0.469 e. The molecule has 3 rings (SSSR count). The van der Waals surface area contributed by atoms with Crippen molar-refractivity contribution < 1.29 is 28.7 Å². The Balaban J connectivity index is 1.60. The van der Waals surface area contributed by atoms with Gasteiger partial charge in [0, 0.05) is 6.54 Å². The molecule has 13 heteroatoms. The van der Waals surface area contributed by atoms with Crippen molar-refractivity contribution in [3.05, 3.63) is 12.7 Å². The van der Waals surface area contributed by atoms with Crippen LogP contribution in [0.2, 0.25) is 0 Å². The number of fused-ring (bicyclic) bond motifs is 1. The smallest absolute Gasteiger partial charge is 0.390 e. The molecule has 1 aliphatic rings. The van der Waals surface area contributed by atoms with E-state index in [0.717, 1.165) is 32.2 Å². The molecule has 0 amide bonds. The van der Waals surface area contributed by atoms with E-state index in [1.807, 2.05) is 4.57 Å². The zero-order valence-electron chi connectivity index (χ0n) is 16.6. The minimum Gasteiger partial charge on any atom is -0.390 e. The highest BCUT2D eigenvalue weighted by Crippen LogP contribution is 2.37. The number of nitrogens with zero attached hydrogens (tertiary/aromatic N) is 4. The second-order valence-electron chi connectivity index (χ2n) is 7.29. The Bertz CT molecular complexity index is 860. The van der Waals surface area contributed by atoms with Crippen LogP contribution in [-0.2, 0) is 13.8 Å². The third-order valence-corrected chi connectivity index (χ3v) is 5.51. The molecular weight excluding hydrogens is 415 g/mol. The molecular formula is C17H29N6O6P. The average Bonchev–Trinajstić information content (AvgIpc) is 3.14. The first-order valence-electron chi connectivity index (χ1n) is 10.00. The number of phosphoric ester groups is 1. The van der Waals surface area contributed by atoms with Crippen LogP contribution in [0, 0.1) is 0 Å². The summed E-state index contributed by atoms with van der Waals surface area (Å²) in [4.78, 5) is 30.7. The van der Waals surface area contributed by atoms with Crippen LogP contribution in [0.5, 0.6) is 0 Å². The Kier molecular flexibility index (Phi) is 8.12. The lowest BCUT2D eigenvalue weighted by atomic mass is 10.0. The van der Waals surface area contributed by atoms with Crippen LogP contribution >= 0.6 is 7.82 Å². The minimum atomic E-state index is -4.61. The van der Waals surface area contributed by atoms with E-state index < -0.39 is 20.0 Å². The van der Waals surface area contributed by atoms with Crippen molar-refractivity contribution in [2.45, 2.75) is 50.4 Å². The summed E-state index contributed by atoms with van der Waals surface area (Å²) in [6.07, 6.45) is 5.90. The van der Waals surface area contributed by atoms with Gasteiger partial charge in [0.25, 0.3) is 0 Å². The van der Waals surface area contributed by atoms with Gasteiger partial charge in [-0.2, -0.15) is 0 Å². The van der Waals surface area contributed by atoms with Crippen LogP contribution in [0.1, 0.15) is 38.1 Å². The van der Waals surface area contributed by atoms with Gasteiger partial charge >= 0.3 is 7.82 Å². The predicted molar refractivity (Wildman–Crippen MR) is 109 cm³/mol. The summed E-state index contributed by atoms with van der Waals surface area (Å²) < 4.78 is 22.7. The predicted octanol–water partition coefficient (Wildman–Crippen LogP) is 0.557. The number of imidazole rings is 1. The van der Waals surface area contributed by atoms with Crippen LogP contribution in [0.25, 0.3) is 11.2 Å². The Morgan fingerprint density at radius 3 is 2.80 bits per heavy atom. The van der Waals surface area contributed by atoms with E-state index in [1.165, 1.54) is 6.33 Å². The maximum atomic E-state index is 10.8. The van der Waals surface area contributed by atoms with Gasteiger partial charge in [0.1, 0.15) is 17.9 Å². The van der Waals surface area contributed by atoms with Gasteiger partial charge in [-0.25, -0.2) is 19.5 Å². The van der Waals surface area contributed by atoms with Gasteiger partial charge in [-0.1, -0.05) is 12.8 Å². The van der Waals surface area contributed by atoms with Gasteiger partial charge < -0.3 is 35.2 Å². The van der Waals surface area contributed by atoms with Gasteiger partial charge in [-0.05, 0) is 25.8 Å². The number of hydrogen-bond donors (Lipinski definition) is 5. The Morgan fingerprint density at radius 2 is 2.07 bits per heavy atom. The van der Waals surface area contributed by atoms with Crippen molar-refractivity contribution in [2.24, 2.45) is 5.73 Å². The summed E-state index contributed by atoms with van der Waals surface area (Å²) >= 11 is 0. The van der Waals surface area contributed by atoms with E-state index >= 15 is 0 Å². The summed E-state index contributed by atoms with van der Waals surface area (Å²) in [7, 11) is -4.61. The second-order valence-corrected chi connectivity index (χ2v) is 8.53. The van der Waals surface area contributed by atoms with Crippen LogP contribution < -0.4 is 11.1 Å². The maximum absolute atomic E-state index is 10.8. The van der Waals surface area contributed by atoms with Gasteiger partial charge in [-0.15, -0.1) is 0 Å². The number of aliphatic hydroxyl groups excluding tert-OH is 1. The maximum Gasteiger partial charge on any atom is 0.469 e. The molecule has 0 aromatic carbocycles. The summed E-state index contributed by atoms with van der Waals surface area (Å²) in [6, 6.07) is -0.227. The molecule has 0 aliphatic carbocycles. The van der Waals surface area contributed by atoms with E-state index in [2.05, 4.69) is 24.8 Å². The normalized spacial score (nSPS) is 22.5. The molecule has 1 aliphatic heterocycles. The Hall–Kier alpha value is -1.66. The number of ether oxygens (including phenoxy) is 1. The molecule has 30 heavy (non-hydrogen) atoms. The first-order chi connectivity index (χ1) is 14.4. The third kappa shape index (κ3) is 6.17. The molecule has 3 heterocycles. The fourth-order valence-corrected chi connectivity index (χ4v) is 3.79. The summed E-state index contributed by atoms with van der Waals surface area (Å²) in [5.41, 5.74) is 6.77. The number of anilines is 1. The SMILES string of the molecule is NCCCCCCNc1ncnc2c1ncn2C1COC(COP(=O)(O)O)C(O)C1. The summed E-state index contributed by atoms with van der Waals surface area (Å²) in [6.45, 7) is 1.33. The van der Waals surface area contributed by atoms with Crippen molar-refractivity contribution in [3.63, 3.8) is 0 Å². The van der Waals surface area contributed by atoms with Gasteiger partial charge in [-0.3, -0.25) is 4.52 Å². The number of phosphoric acid groups is 1. The quantitative estimate of drug-likeness (QED) is 0.241. The van der Waals surface area contributed by atoms with Crippen LogP contribution in [0.3, 0.4) is 0 Å². The van der Waals surface area contributed by atoms with Gasteiger partial charge in [0.15, 0.2) is 11.5 Å². The number of aliphatic hydroxyl groups is 1. The molecule has 2 aromatic heterocycles. The fraction of sp³-hybridized carbons (Fsp3) is 0.706. The first-order valence-corrected chi connectivity index (χ1v) is 11.5. The zero-order valence-corrected chi connectivity index (χ0v) is 17.5. The number of rotatable bonds is 11. The van der Waals surface area contributed by atoms with Gasteiger partial charge in [0.05, 0.1) is 31.7 Å². The number of unbranched alkanes of at least 4 members (excludes halogenated alkanes) is 3. The number of nitrogens with one attached hydrogen (secondary N) is 1. The van der Waals surface area contributed by atoms with Crippen LogP contribution in [0.15, 0.2) is 12.7 Å². The van der Waals surface area contributed by atoms with E-state index in [9.17, 15) is 9.67 Å². The lowest BCUT2D eigenvalue weighted by Gasteiger charge is -2.33. The van der Waals surface area contributed by atoms with Crippen LogP contribution in [-0.4, -0.2) is 72.9 Å². The molecule has 0 spiro atoms. The van der Waals surface area contributed by atoms with Crippen molar-refractivity contribution in [3.8, 4) is 0 Å². The van der Waals surface area contributed by atoms with Gasteiger partial charge in [0.2, 0.25) is 0 Å². The molecule has 2 aromatic rings. The molecule has 1 saturated heterocycles. The molecule has 6 N–H and O–H groups in total.